The molecule has 0 aromatic heterocycles. The van der Waals surface area contributed by atoms with Gasteiger partial charge in [0.05, 0.1) is 0 Å². The monoisotopic (exact) mass is 276 g/mol. The van der Waals surface area contributed by atoms with E-state index in [0.29, 0.717) is 17.6 Å². The lowest BCUT2D eigenvalue weighted by molar-refractivity contribution is -0.274. The molecule has 0 amide bonds. The number of hydrogen-bond donors (Lipinski definition) is 0. The maximum absolute atomic E-state index is 12.0. The Kier molecular flexibility index (Phi) is 5.09. The van der Waals surface area contributed by atoms with Crippen molar-refractivity contribution in [3.8, 4) is 11.5 Å². The molecule has 0 saturated carbocycles. The van der Waals surface area contributed by atoms with Crippen LogP contribution in [-0.4, -0.2) is 12.5 Å². The Morgan fingerprint density at radius 1 is 0.842 bits per heavy atom. The number of benzene rings is 1. The average molecular weight is 276 g/mol. The maximum Gasteiger partial charge on any atom is 0.573 e. The van der Waals surface area contributed by atoms with Crippen LogP contribution in [0.3, 0.4) is 0 Å². The fourth-order valence-corrected chi connectivity index (χ4v) is 1.92. The standard InChI is InChI=1S/C14H19F3O2/c1-9(2)13(10(3)4)18-11-5-7-12(8-6-11)19-14(15,16)17/h5-10,13H,1-4H3. The van der Waals surface area contributed by atoms with Crippen LogP contribution in [0.25, 0.3) is 0 Å². The van der Waals surface area contributed by atoms with Crippen LogP contribution in [0.1, 0.15) is 27.7 Å². The summed E-state index contributed by atoms with van der Waals surface area (Å²) < 4.78 is 45.6. The van der Waals surface area contributed by atoms with Gasteiger partial charge >= 0.3 is 6.36 Å². The van der Waals surface area contributed by atoms with Crippen LogP contribution in [0.4, 0.5) is 13.2 Å². The van der Waals surface area contributed by atoms with Crippen molar-refractivity contribution in [1.29, 1.82) is 0 Å². The summed E-state index contributed by atoms with van der Waals surface area (Å²) in [5.41, 5.74) is 0. The average Bonchev–Trinajstić information content (AvgIpc) is 2.25. The zero-order valence-corrected chi connectivity index (χ0v) is 11.5. The molecule has 1 aromatic rings. The maximum atomic E-state index is 12.0. The minimum Gasteiger partial charge on any atom is -0.490 e. The van der Waals surface area contributed by atoms with Crippen LogP contribution in [0.15, 0.2) is 24.3 Å². The molecular weight excluding hydrogens is 257 g/mol. The molecule has 0 unspecified atom stereocenters. The summed E-state index contributed by atoms with van der Waals surface area (Å²) in [6.07, 6.45) is -4.64. The van der Waals surface area contributed by atoms with Gasteiger partial charge in [-0.05, 0) is 36.1 Å². The van der Waals surface area contributed by atoms with Gasteiger partial charge in [-0.25, -0.2) is 0 Å². The van der Waals surface area contributed by atoms with Gasteiger partial charge in [0, 0.05) is 0 Å². The highest BCUT2D eigenvalue weighted by Gasteiger charge is 2.31. The third-order valence-electron chi connectivity index (χ3n) is 2.64. The van der Waals surface area contributed by atoms with Crippen molar-refractivity contribution in [1.82, 2.24) is 0 Å². The normalized spacial score (nSPS) is 12.3. The molecule has 0 bridgehead atoms. The van der Waals surface area contributed by atoms with Crippen molar-refractivity contribution in [3.63, 3.8) is 0 Å². The molecular formula is C14H19F3O2. The van der Waals surface area contributed by atoms with Crippen molar-refractivity contribution >= 4 is 0 Å². The highest BCUT2D eigenvalue weighted by Crippen LogP contribution is 2.26. The lowest BCUT2D eigenvalue weighted by Gasteiger charge is -2.26. The van der Waals surface area contributed by atoms with Crippen LogP contribution < -0.4 is 9.47 Å². The minimum absolute atomic E-state index is 0.0226. The van der Waals surface area contributed by atoms with Crippen molar-refractivity contribution in [2.24, 2.45) is 11.8 Å². The zero-order chi connectivity index (χ0) is 14.6. The molecule has 0 N–H and O–H groups in total. The predicted octanol–water partition coefficient (Wildman–Crippen LogP) is 4.64. The van der Waals surface area contributed by atoms with Crippen molar-refractivity contribution in [2.75, 3.05) is 0 Å². The first-order valence-corrected chi connectivity index (χ1v) is 6.21. The molecule has 0 fully saturated rings. The summed E-state index contributed by atoms with van der Waals surface area (Å²) in [4.78, 5) is 0. The quantitative estimate of drug-likeness (QED) is 0.779. The van der Waals surface area contributed by atoms with E-state index in [1.54, 1.807) is 0 Å². The molecule has 19 heavy (non-hydrogen) atoms. The number of halogens is 3. The summed E-state index contributed by atoms with van der Waals surface area (Å²) in [6, 6.07) is 5.47. The van der Waals surface area contributed by atoms with Crippen LogP contribution in [0, 0.1) is 11.8 Å². The molecule has 1 rings (SSSR count). The third-order valence-corrected chi connectivity index (χ3v) is 2.64. The van der Waals surface area contributed by atoms with E-state index >= 15 is 0 Å². The minimum atomic E-state index is -4.67. The molecule has 0 atom stereocenters. The molecule has 2 nitrogen and oxygen atoms in total. The summed E-state index contributed by atoms with van der Waals surface area (Å²) in [7, 11) is 0. The number of ether oxygens (including phenoxy) is 2. The number of rotatable bonds is 5. The van der Waals surface area contributed by atoms with Gasteiger partial charge in [0.25, 0.3) is 0 Å². The van der Waals surface area contributed by atoms with Crippen LogP contribution in [-0.2, 0) is 0 Å². The molecule has 0 radical (unpaired) electrons. The van der Waals surface area contributed by atoms with Gasteiger partial charge in [-0.3, -0.25) is 0 Å². The van der Waals surface area contributed by atoms with E-state index in [2.05, 4.69) is 4.74 Å². The van der Waals surface area contributed by atoms with E-state index in [1.165, 1.54) is 24.3 Å². The van der Waals surface area contributed by atoms with Crippen LogP contribution >= 0.6 is 0 Å². The van der Waals surface area contributed by atoms with Crippen molar-refractivity contribution < 1.29 is 22.6 Å². The van der Waals surface area contributed by atoms with Crippen molar-refractivity contribution in [2.45, 2.75) is 40.2 Å². The Morgan fingerprint density at radius 2 is 1.26 bits per heavy atom. The van der Waals surface area contributed by atoms with Gasteiger partial charge in [0.2, 0.25) is 0 Å². The predicted molar refractivity (Wildman–Crippen MR) is 67.2 cm³/mol. The molecule has 0 aliphatic carbocycles. The molecule has 0 heterocycles. The van der Waals surface area contributed by atoms with Crippen molar-refractivity contribution in [3.05, 3.63) is 24.3 Å². The summed E-state index contributed by atoms with van der Waals surface area (Å²) in [5.74, 6) is 0.949. The van der Waals surface area contributed by atoms with E-state index in [9.17, 15) is 13.2 Å². The second-order valence-corrected chi connectivity index (χ2v) is 5.09. The van der Waals surface area contributed by atoms with E-state index in [-0.39, 0.29) is 11.9 Å². The Labute approximate surface area is 111 Å². The molecule has 108 valence electrons. The fourth-order valence-electron chi connectivity index (χ4n) is 1.92. The Hall–Kier alpha value is -1.39. The fraction of sp³-hybridized carbons (Fsp3) is 0.571. The van der Waals surface area contributed by atoms with E-state index < -0.39 is 6.36 Å². The van der Waals surface area contributed by atoms with Gasteiger partial charge in [-0.1, -0.05) is 27.7 Å². The van der Waals surface area contributed by atoms with E-state index in [1.807, 2.05) is 27.7 Å². The molecule has 0 aliphatic heterocycles. The first-order chi connectivity index (χ1) is 8.69. The lowest BCUT2D eigenvalue weighted by Crippen LogP contribution is -2.28. The zero-order valence-electron chi connectivity index (χ0n) is 11.5. The molecule has 1 aromatic carbocycles. The van der Waals surface area contributed by atoms with E-state index in [4.69, 9.17) is 4.74 Å². The SMILES string of the molecule is CC(C)C(Oc1ccc(OC(F)(F)F)cc1)C(C)C. The van der Waals surface area contributed by atoms with Gasteiger partial charge in [0.1, 0.15) is 17.6 Å². The first-order valence-electron chi connectivity index (χ1n) is 6.21. The topological polar surface area (TPSA) is 18.5 Å². The highest BCUT2D eigenvalue weighted by molar-refractivity contribution is 5.31. The third kappa shape index (κ3) is 5.41. The van der Waals surface area contributed by atoms with Gasteiger partial charge in [0.15, 0.2) is 0 Å². The molecule has 0 spiro atoms. The van der Waals surface area contributed by atoms with Gasteiger partial charge in [-0.15, -0.1) is 13.2 Å². The second-order valence-electron chi connectivity index (χ2n) is 5.09. The summed E-state index contributed by atoms with van der Waals surface area (Å²) in [6.45, 7) is 8.19. The summed E-state index contributed by atoms with van der Waals surface area (Å²) >= 11 is 0. The second kappa shape index (κ2) is 6.17. The van der Waals surface area contributed by atoms with E-state index in [0.717, 1.165) is 0 Å². The number of hydrogen-bond acceptors (Lipinski definition) is 2. The first kappa shape index (κ1) is 15.7. The Bertz CT molecular complexity index is 375. The molecule has 0 saturated heterocycles. The molecule has 5 heteroatoms. The lowest BCUT2D eigenvalue weighted by atomic mass is 9.96. The number of alkyl halides is 3. The Morgan fingerprint density at radius 3 is 1.63 bits per heavy atom. The summed E-state index contributed by atoms with van der Waals surface area (Å²) in [5, 5.41) is 0. The largest absolute Gasteiger partial charge is 0.573 e. The highest BCUT2D eigenvalue weighted by atomic mass is 19.4. The Balaban J connectivity index is 2.71. The van der Waals surface area contributed by atoms with Crippen LogP contribution in [0.2, 0.25) is 0 Å². The molecule has 0 aliphatic rings. The van der Waals surface area contributed by atoms with Crippen LogP contribution in [0.5, 0.6) is 11.5 Å². The smallest absolute Gasteiger partial charge is 0.490 e. The van der Waals surface area contributed by atoms with Gasteiger partial charge < -0.3 is 9.47 Å². The van der Waals surface area contributed by atoms with Gasteiger partial charge in [-0.2, -0.15) is 0 Å².